The van der Waals surface area contributed by atoms with E-state index in [1.54, 1.807) is 0 Å². The van der Waals surface area contributed by atoms with Crippen molar-refractivity contribution in [3.05, 3.63) is 0 Å². The van der Waals surface area contributed by atoms with Gasteiger partial charge in [0.15, 0.2) is 6.29 Å². The summed E-state index contributed by atoms with van der Waals surface area (Å²) in [7, 11) is 0. The van der Waals surface area contributed by atoms with E-state index in [4.69, 9.17) is 9.47 Å². The number of carbonyl (C=O) groups excluding carboxylic acids is 1. The van der Waals surface area contributed by atoms with E-state index in [1.165, 1.54) is 0 Å². The van der Waals surface area contributed by atoms with Crippen LogP contribution >= 0.6 is 0 Å². The molecule has 1 aliphatic heterocycles. The maximum atomic E-state index is 11.4. The van der Waals surface area contributed by atoms with Gasteiger partial charge in [0.05, 0.1) is 19.6 Å². The Bertz CT molecular complexity index is 162. The van der Waals surface area contributed by atoms with E-state index in [1.807, 2.05) is 0 Å². The predicted octanol–water partition coefficient (Wildman–Crippen LogP) is 1.75. The highest BCUT2D eigenvalue weighted by atomic mass is 16.7. The van der Waals surface area contributed by atoms with Gasteiger partial charge in [0.1, 0.15) is 5.78 Å². The highest BCUT2D eigenvalue weighted by Crippen LogP contribution is 2.13. The summed E-state index contributed by atoms with van der Waals surface area (Å²) in [5, 5.41) is 0. The molecule has 0 bridgehead atoms. The van der Waals surface area contributed by atoms with Gasteiger partial charge in [-0.3, -0.25) is 4.79 Å². The van der Waals surface area contributed by atoms with E-state index in [9.17, 15) is 4.79 Å². The van der Waals surface area contributed by atoms with Crippen molar-refractivity contribution in [2.75, 3.05) is 13.2 Å². The molecule has 3 heteroatoms. The highest BCUT2D eigenvalue weighted by Gasteiger charge is 2.20. The molecule has 3 nitrogen and oxygen atoms in total. The Hall–Kier alpha value is -0.410. The Morgan fingerprint density at radius 1 is 1.46 bits per heavy atom. The number of rotatable bonds is 5. The van der Waals surface area contributed by atoms with Crippen LogP contribution < -0.4 is 0 Å². The van der Waals surface area contributed by atoms with Crippen LogP contribution in [0.25, 0.3) is 0 Å². The maximum Gasteiger partial charge on any atom is 0.164 e. The monoisotopic (exact) mass is 186 g/mol. The van der Waals surface area contributed by atoms with Crippen molar-refractivity contribution >= 4 is 5.78 Å². The van der Waals surface area contributed by atoms with Crippen LogP contribution in [-0.4, -0.2) is 25.3 Å². The summed E-state index contributed by atoms with van der Waals surface area (Å²) >= 11 is 0. The lowest BCUT2D eigenvalue weighted by molar-refractivity contribution is -0.128. The number of hydrogen-bond donors (Lipinski definition) is 0. The third-order valence-corrected chi connectivity index (χ3v) is 2.36. The van der Waals surface area contributed by atoms with Gasteiger partial charge in [-0.1, -0.05) is 20.3 Å². The van der Waals surface area contributed by atoms with Gasteiger partial charge in [0.25, 0.3) is 0 Å². The SMILES string of the molecule is CCC(C)CC(=O)CC1OCCO1. The molecule has 0 saturated carbocycles. The molecule has 0 radical (unpaired) electrons. The second kappa shape index (κ2) is 5.35. The molecule has 1 heterocycles. The third-order valence-electron chi connectivity index (χ3n) is 2.36. The quantitative estimate of drug-likeness (QED) is 0.656. The fourth-order valence-corrected chi connectivity index (χ4v) is 1.33. The standard InChI is InChI=1S/C10H18O3/c1-3-8(2)6-9(11)7-10-12-4-5-13-10/h8,10H,3-7H2,1-2H3. The molecular weight excluding hydrogens is 168 g/mol. The number of ketones is 1. The van der Waals surface area contributed by atoms with Crippen molar-refractivity contribution in [2.45, 2.75) is 39.4 Å². The lowest BCUT2D eigenvalue weighted by atomic mass is 10.0. The minimum absolute atomic E-state index is 0.251. The van der Waals surface area contributed by atoms with Gasteiger partial charge >= 0.3 is 0 Å². The Labute approximate surface area is 79.4 Å². The summed E-state index contributed by atoms with van der Waals surface area (Å²) in [5.74, 6) is 0.732. The normalized spacial score (nSPS) is 20.5. The van der Waals surface area contributed by atoms with Crippen LogP contribution in [-0.2, 0) is 14.3 Å². The lowest BCUT2D eigenvalue weighted by Gasteiger charge is -2.10. The third kappa shape index (κ3) is 3.87. The number of hydrogen-bond acceptors (Lipinski definition) is 3. The van der Waals surface area contributed by atoms with Crippen molar-refractivity contribution in [2.24, 2.45) is 5.92 Å². The molecule has 1 unspecified atom stereocenters. The molecule has 0 aromatic rings. The fraction of sp³-hybridized carbons (Fsp3) is 0.900. The summed E-state index contributed by atoms with van der Waals surface area (Å²) in [6, 6.07) is 0. The highest BCUT2D eigenvalue weighted by molar-refractivity contribution is 5.78. The molecule has 13 heavy (non-hydrogen) atoms. The zero-order valence-corrected chi connectivity index (χ0v) is 8.41. The molecule has 0 aliphatic carbocycles. The Morgan fingerprint density at radius 2 is 2.08 bits per heavy atom. The Morgan fingerprint density at radius 3 is 2.62 bits per heavy atom. The van der Waals surface area contributed by atoms with Crippen molar-refractivity contribution < 1.29 is 14.3 Å². The smallest absolute Gasteiger partial charge is 0.164 e. The van der Waals surface area contributed by atoms with Gasteiger partial charge in [0.2, 0.25) is 0 Å². The van der Waals surface area contributed by atoms with Gasteiger partial charge in [-0.15, -0.1) is 0 Å². The summed E-state index contributed by atoms with van der Waals surface area (Å²) in [4.78, 5) is 11.4. The number of carbonyl (C=O) groups is 1. The minimum Gasteiger partial charge on any atom is -0.350 e. The van der Waals surface area contributed by atoms with Crippen molar-refractivity contribution in [1.82, 2.24) is 0 Å². The molecule has 0 N–H and O–H groups in total. The second-order valence-electron chi connectivity index (χ2n) is 3.63. The van der Waals surface area contributed by atoms with Crippen LogP contribution in [0.2, 0.25) is 0 Å². The van der Waals surface area contributed by atoms with Crippen LogP contribution in [0.1, 0.15) is 33.1 Å². The van der Waals surface area contributed by atoms with E-state index < -0.39 is 0 Å². The number of ether oxygens (including phenoxy) is 2. The second-order valence-corrected chi connectivity index (χ2v) is 3.63. The zero-order valence-electron chi connectivity index (χ0n) is 8.41. The molecule has 1 rings (SSSR count). The van der Waals surface area contributed by atoms with Crippen LogP contribution in [0.4, 0.5) is 0 Å². The predicted molar refractivity (Wildman–Crippen MR) is 49.4 cm³/mol. The molecule has 0 amide bonds. The summed E-state index contributed by atoms with van der Waals surface area (Å²) < 4.78 is 10.4. The summed E-state index contributed by atoms with van der Waals surface area (Å²) in [6.07, 6.45) is 1.86. The van der Waals surface area contributed by atoms with Gasteiger partial charge in [-0.2, -0.15) is 0 Å². The lowest BCUT2D eigenvalue weighted by Crippen LogP contribution is -2.15. The van der Waals surface area contributed by atoms with Gasteiger partial charge in [-0.05, 0) is 5.92 Å². The Balaban J connectivity index is 2.16. The van der Waals surface area contributed by atoms with Gasteiger partial charge in [-0.25, -0.2) is 0 Å². The molecule has 0 spiro atoms. The average molecular weight is 186 g/mol. The topological polar surface area (TPSA) is 35.5 Å². The van der Waals surface area contributed by atoms with E-state index in [0.29, 0.717) is 32.0 Å². The maximum absolute atomic E-state index is 11.4. The summed E-state index contributed by atoms with van der Waals surface area (Å²) in [6.45, 7) is 5.44. The molecule has 76 valence electrons. The van der Waals surface area contributed by atoms with Crippen LogP contribution in [0.3, 0.4) is 0 Å². The zero-order chi connectivity index (χ0) is 9.68. The van der Waals surface area contributed by atoms with E-state index in [0.717, 1.165) is 6.42 Å². The van der Waals surface area contributed by atoms with Crippen molar-refractivity contribution in [1.29, 1.82) is 0 Å². The van der Waals surface area contributed by atoms with Crippen LogP contribution in [0.5, 0.6) is 0 Å². The molecule has 1 saturated heterocycles. The molecule has 1 atom stereocenters. The van der Waals surface area contributed by atoms with E-state index >= 15 is 0 Å². The minimum atomic E-state index is -0.267. The molecular formula is C10H18O3. The van der Waals surface area contributed by atoms with E-state index in [2.05, 4.69) is 13.8 Å². The first-order chi connectivity index (χ1) is 6.22. The molecule has 1 aliphatic rings. The molecule has 1 fully saturated rings. The largest absolute Gasteiger partial charge is 0.350 e. The van der Waals surface area contributed by atoms with Crippen molar-refractivity contribution in [3.8, 4) is 0 Å². The molecule has 0 aromatic heterocycles. The summed E-state index contributed by atoms with van der Waals surface area (Å²) in [5.41, 5.74) is 0. The fourth-order valence-electron chi connectivity index (χ4n) is 1.33. The van der Waals surface area contributed by atoms with Crippen LogP contribution in [0, 0.1) is 5.92 Å². The number of Topliss-reactive ketones (excluding diaryl/α,β-unsaturated/α-hetero) is 1. The van der Waals surface area contributed by atoms with Crippen molar-refractivity contribution in [3.63, 3.8) is 0 Å². The average Bonchev–Trinajstić information content (AvgIpc) is 2.56. The first kappa shape index (κ1) is 10.7. The van der Waals surface area contributed by atoms with E-state index in [-0.39, 0.29) is 12.1 Å². The Kier molecular flexibility index (Phi) is 4.39. The first-order valence-electron chi connectivity index (χ1n) is 4.97. The van der Waals surface area contributed by atoms with Crippen LogP contribution in [0.15, 0.2) is 0 Å². The molecule has 0 aromatic carbocycles. The van der Waals surface area contributed by atoms with Gasteiger partial charge in [0, 0.05) is 6.42 Å². The first-order valence-corrected chi connectivity index (χ1v) is 4.97. The van der Waals surface area contributed by atoms with Gasteiger partial charge < -0.3 is 9.47 Å².